The Labute approximate surface area is 82.1 Å². The van der Waals surface area contributed by atoms with E-state index in [1.807, 2.05) is 5.01 Å². The maximum atomic E-state index is 5.53. The monoisotopic (exact) mass is 195 g/mol. The molecule has 6 heteroatoms. The smallest absolute Gasteiger partial charge is 0.145 e. The first-order chi connectivity index (χ1) is 6.84. The van der Waals surface area contributed by atoms with Crippen molar-refractivity contribution in [3.05, 3.63) is 12.4 Å². The van der Waals surface area contributed by atoms with Gasteiger partial charge in [0.05, 0.1) is 13.2 Å². The number of nitrogens with one attached hydrogen (secondary N) is 1. The van der Waals surface area contributed by atoms with Gasteiger partial charge in [0.1, 0.15) is 18.0 Å². The summed E-state index contributed by atoms with van der Waals surface area (Å²) < 4.78 is 5.22. The van der Waals surface area contributed by atoms with Gasteiger partial charge in [-0.25, -0.2) is 15.0 Å². The van der Waals surface area contributed by atoms with Crippen LogP contribution >= 0.6 is 0 Å². The van der Waals surface area contributed by atoms with Gasteiger partial charge in [-0.1, -0.05) is 0 Å². The highest BCUT2D eigenvalue weighted by atomic mass is 16.5. The van der Waals surface area contributed by atoms with E-state index >= 15 is 0 Å². The van der Waals surface area contributed by atoms with Crippen molar-refractivity contribution in [2.75, 3.05) is 37.5 Å². The fourth-order valence-electron chi connectivity index (χ4n) is 1.27. The van der Waals surface area contributed by atoms with Crippen LogP contribution in [-0.4, -0.2) is 41.3 Å². The number of hydrogen-bond donors (Lipinski definition) is 2. The predicted molar refractivity (Wildman–Crippen MR) is 52.5 cm³/mol. The molecule has 0 unspecified atom stereocenters. The largest absolute Gasteiger partial charge is 0.384 e. The number of hydrogen-bond acceptors (Lipinski definition) is 6. The molecule has 1 aromatic rings. The molecule has 2 heterocycles. The molecule has 76 valence electrons. The Morgan fingerprint density at radius 3 is 2.86 bits per heavy atom. The highest BCUT2D eigenvalue weighted by molar-refractivity contribution is 5.42. The summed E-state index contributed by atoms with van der Waals surface area (Å²) in [6.45, 7) is 3.19. The molecule has 0 aromatic carbocycles. The molecule has 2 rings (SSSR count). The fraction of sp³-hybridized carbons (Fsp3) is 0.500. The quantitative estimate of drug-likeness (QED) is 0.675. The highest BCUT2D eigenvalue weighted by Crippen LogP contribution is 2.07. The van der Waals surface area contributed by atoms with E-state index in [1.165, 1.54) is 6.33 Å². The molecule has 3 N–H and O–H groups in total. The van der Waals surface area contributed by atoms with E-state index in [9.17, 15) is 0 Å². The molecular weight excluding hydrogens is 182 g/mol. The molecule has 0 radical (unpaired) electrons. The van der Waals surface area contributed by atoms with Crippen molar-refractivity contribution >= 4 is 11.6 Å². The SMILES string of the molecule is Nc1cc(NN2CCOCC2)ncn1. The van der Waals surface area contributed by atoms with Gasteiger partial charge in [-0.05, 0) is 0 Å². The number of anilines is 2. The van der Waals surface area contributed by atoms with Gasteiger partial charge in [0.25, 0.3) is 0 Å². The maximum absolute atomic E-state index is 5.53. The third-order valence-electron chi connectivity index (χ3n) is 1.97. The normalized spacial score (nSPS) is 18.0. The molecule has 0 saturated carbocycles. The molecule has 0 aliphatic carbocycles. The zero-order valence-corrected chi connectivity index (χ0v) is 7.81. The minimum absolute atomic E-state index is 0.468. The fourth-order valence-corrected chi connectivity index (χ4v) is 1.27. The Bertz CT molecular complexity index is 300. The summed E-state index contributed by atoms with van der Waals surface area (Å²) in [5.41, 5.74) is 8.67. The minimum atomic E-state index is 0.468. The summed E-state index contributed by atoms with van der Waals surface area (Å²) in [7, 11) is 0. The summed E-state index contributed by atoms with van der Waals surface area (Å²) in [5, 5.41) is 2.05. The van der Waals surface area contributed by atoms with Crippen molar-refractivity contribution in [3.8, 4) is 0 Å². The second-order valence-electron chi connectivity index (χ2n) is 3.04. The van der Waals surface area contributed by atoms with E-state index in [0.717, 1.165) is 32.1 Å². The number of ether oxygens (including phenoxy) is 1. The maximum Gasteiger partial charge on any atom is 0.145 e. The van der Waals surface area contributed by atoms with Crippen LogP contribution in [0.25, 0.3) is 0 Å². The molecule has 1 saturated heterocycles. The van der Waals surface area contributed by atoms with E-state index in [0.29, 0.717) is 5.82 Å². The number of nitrogens with two attached hydrogens (primary N) is 1. The van der Waals surface area contributed by atoms with Crippen LogP contribution < -0.4 is 11.2 Å². The first kappa shape index (κ1) is 9.17. The summed E-state index contributed by atoms with van der Waals surface area (Å²) in [6.07, 6.45) is 1.44. The molecule has 1 fully saturated rings. The van der Waals surface area contributed by atoms with Crippen molar-refractivity contribution in [1.29, 1.82) is 0 Å². The van der Waals surface area contributed by atoms with E-state index in [4.69, 9.17) is 10.5 Å². The van der Waals surface area contributed by atoms with Gasteiger partial charge in [-0.15, -0.1) is 0 Å². The Morgan fingerprint density at radius 1 is 1.36 bits per heavy atom. The lowest BCUT2D eigenvalue weighted by Gasteiger charge is -2.27. The van der Waals surface area contributed by atoms with Crippen LogP contribution in [0.15, 0.2) is 12.4 Å². The van der Waals surface area contributed by atoms with Crippen LogP contribution in [0.3, 0.4) is 0 Å². The van der Waals surface area contributed by atoms with Crippen LogP contribution in [0, 0.1) is 0 Å². The standard InChI is InChI=1S/C8H13N5O/c9-7-5-8(11-6-10-7)12-13-1-3-14-4-2-13/h5-6H,1-4H2,(H3,9,10,11,12). The molecular formula is C8H13N5O. The van der Waals surface area contributed by atoms with E-state index < -0.39 is 0 Å². The minimum Gasteiger partial charge on any atom is -0.384 e. The Balaban J connectivity index is 1.95. The number of aromatic nitrogens is 2. The number of morpholine rings is 1. The van der Waals surface area contributed by atoms with E-state index in [1.54, 1.807) is 6.07 Å². The Hall–Kier alpha value is -1.40. The molecule has 14 heavy (non-hydrogen) atoms. The van der Waals surface area contributed by atoms with Crippen LogP contribution in [0.4, 0.5) is 11.6 Å². The zero-order chi connectivity index (χ0) is 9.80. The number of hydrazine groups is 1. The van der Waals surface area contributed by atoms with Gasteiger partial charge in [-0.2, -0.15) is 0 Å². The van der Waals surface area contributed by atoms with Gasteiger partial charge in [0.2, 0.25) is 0 Å². The van der Waals surface area contributed by atoms with E-state index in [2.05, 4.69) is 15.4 Å². The zero-order valence-electron chi connectivity index (χ0n) is 7.81. The van der Waals surface area contributed by atoms with Crippen LogP contribution in [0.5, 0.6) is 0 Å². The number of rotatable bonds is 2. The molecule has 6 nitrogen and oxygen atoms in total. The third-order valence-corrected chi connectivity index (χ3v) is 1.97. The van der Waals surface area contributed by atoms with Crippen LogP contribution in [0.1, 0.15) is 0 Å². The first-order valence-electron chi connectivity index (χ1n) is 4.51. The molecule has 0 amide bonds. The summed E-state index contributed by atoms with van der Waals surface area (Å²) in [5.74, 6) is 1.19. The average Bonchev–Trinajstić information content (AvgIpc) is 2.19. The first-order valence-corrected chi connectivity index (χ1v) is 4.51. The van der Waals surface area contributed by atoms with E-state index in [-0.39, 0.29) is 0 Å². The lowest BCUT2D eigenvalue weighted by Crippen LogP contribution is -2.40. The molecule has 1 aliphatic heterocycles. The van der Waals surface area contributed by atoms with Gasteiger partial charge in [0, 0.05) is 19.2 Å². The van der Waals surface area contributed by atoms with Gasteiger partial charge >= 0.3 is 0 Å². The van der Waals surface area contributed by atoms with Crippen molar-refractivity contribution in [1.82, 2.24) is 15.0 Å². The lowest BCUT2D eigenvalue weighted by atomic mass is 10.5. The predicted octanol–water partition coefficient (Wildman–Crippen LogP) is -0.282. The second kappa shape index (κ2) is 4.21. The third kappa shape index (κ3) is 2.30. The molecule has 0 atom stereocenters. The van der Waals surface area contributed by atoms with Crippen molar-refractivity contribution in [2.45, 2.75) is 0 Å². The average molecular weight is 195 g/mol. The Morgan fingerprint density at radius 2 is 2.14 bits per heavy atom. The van der Waals surface area contributed by atoms with Crippen LogP contribution in [0.2, 0.25) is 0 Å². The van der Waals surface area contributed by atoms with Crippen molar-refractivity contribution in [3.63, 3.8) is 0 Å². The second-order valence-corrected chi connectivity index (χ2v) is 3.04. The van der Waals surface area contributed by atoms with Gasteiger partial charge < -0.3 is 15.9 Å². The number of nitrogens with zero attached hydrogens (tertiary/aromatic N) is 3. The molecule has 1 aromatic heterocycles. The lowest BCUT2D eigenvalue weighted by molar-refractivity contribution is 0.0495. The van der Waals surface area contributed by atoms with Crippen molar-refractivity contribution < 1.29 is 4.74 Å². The van der Waals surface area contributed by atoms with Gasteiger partial charge in [-0.3, -0.25) is 0 Å². The van der Waals surface area contributed by atoms with Crippen LogP contribution in [-0.2, 0) is 4.74 Å². The summed E-state index contributed by atoms with van der Waals surface area (Å²) in [6, 6.07) is 1.70. The van der Waals surface area contributed by atoms with Gasteiger partial charge in [0.15, 0.2) is 0 Å². The van der Waals surface area contributed by atoms with Crippen molar-refractivity contribution in [2.24, 2.45) is 0 Å². The summed E-state index contributed by atoms with van der Waals surface area (Å²) in [4.78, 5) is 7.87. The summed E-state index contributed by atoms with van der Waals surface area (Å²) >= 11 is 0. The Kier molecular flexibility index (Phi) is 2.76. The number of nitrogen functional groups attached to an aromatic ring is 1. The topological polar surface area (TPSA) is 76.3 Å². The highest BCUT2D eigenvalue weighted by Gasteiger charge is 2.10. The molecule has 0 spiro atoms. The molecule has 0 bridgehead atoms. The molecule has 1 aliphatic rings.